The summed E-state index contributed by atoms with van der Waals surface area (Å²) in [5, 5.41) is 9.01. The lowest BCUT2D eigenvalue weighted by atomic mass is 9.98. The smallest absolute Gasteiger partial charge is 0.321 e. The molecule has 1 atom stereocenters. The van der Waals surface area contributed by atoms with Crippen molar-refractivity contribution in [1.29, 1.82) is 0 Å². The first-order valence-electron chi connectivity index (χ1n) is 6.43. The minimum absolute atomic E-state index is 0.159. The zero-order valence-corrected chi connectivity index (χ0v) is 13.0. The molecule has 0 aliphatic rings. The summed E-state index contributed by atoms with van der Waals surface area (Å²) in [6.07, 6.45) is -0.527. The number of rotatable bonds is 5. The van der Waals surface area contributed by atoms with E-state index >= 15 is 0 Å². The van der Waals surface area contributed by atoms with Gasteiger partial charge in [0.25, 0.3) is 0 Å². The Kier molecular flexibility index (Phi) is 6.19. The summed E-state index contributed by atoms with van der Waals surface area (Å²) in [7, 11) is 0. The molecule has 0 heterocycles. The van der Waals surface area contributed by atoms with Gasteiger partial charge in [-0.3, -0.25) is 14.4 Å². The molecule has 0 saturated carbocycles. The van der Waals surface area contributed by atoms with Crippen LogP contribution in [-0.4, -0.2) is 35.2 Å². The van der Waals surface area contributed by atoms with Crippen LogP contribution < -0.4 is 0 Å². The number of hydrogen-bond donors (Lipinski definition) is 1. The first-order chi connectivity index (χ1) is 8.82. The first kappa shape index (κ1) is 18.4. The van der Waals surface area contributed by atoms with Gasteiger partial charge in [-0.05, 0) is 26.2 Å². The molecule has 0 aromatic heterocycles. The highest BCUT2D eigenvalue weighted by molar-refractivity contribution is 5.97. The van der Waals surface area contributed by atoms with Crippen molar-refractivity contribution < 1.29 is 29.0 Å². The molecule has 20 heavy (non-hydrogen) atoms. The van der Waals surface area contributed by atoms with Crippen molar-refractivity contribution in [3.05, 3.63) is 0 Å². The highest BCUT2D eigenvalue weighted by atomic mass is 16.6. The van der Waals surface area contributed by atoms with Crippen molar-refractivity contribution in [2.75, 3.05) is 6.61 Å². The number of carbonyl (C=O) groups excluding carboxylic acids is 2. The largest absolute Gasteiger partial charge is 0.481 e. The van der Waals surface area contributed by atoms with E-state index in [0.29, 0.717) is 0 Å². The fourth-order valence-electron chi connectivity index (χ4n) is 1.17. The van der Waals surface area contributed by atoms with Crippen LogP contribution in [0, 0.1) is 11.3 Å². The quantitative estimate of drug-likeness (QED) is 0.614. The van der Waals surface area contributed by atoms with E-state index in [-0.39, 0.29) is 12.0 Å². The molecule has 0 saturated heterocycles. The summed E-state index contributed by atoms with van der Waals surface area (Å²) >= 11 is 0. The summed E-state index contributed by atoms with van der Waals surface area (Å²) in [6, 6.07) is 0. The van der Waals surface area contributed by atoms with Gasteiger partial charge in [-0.1, -0.05) is 20.8 Å². The molecule has 6 heteroatoms. The molecule has 0 aromatic rings. The third kappa shape index (κ3) is 8.50. The maximum absolute atomic E-state index is 11.7. The Morgan fingerprint density at radius 1 is 1.05 bits per heavy atom. The Balaban J connectivity index is 4.60. The van der Waals surface area contributed by atoms with Crippen LogP contribution in [0.15, 0.2) is 0 Å². The van der Waals surface area contributed by atoms with Crippen LogP contribution in [0.3, 0.4) is 0 Å². The van der Waals surface area contributed by atoms with Crippen LogP contribution >= 0.6 is 0 Å². The van der Waals surface area contributed by atoms with E-state index in [1.165, 1.54) is 0 Å². The predicted molar refractivity (Wildman–Crippen MR) is 72.0 cm³/mol. The Hall–Kier alpha value is -1.59. The Morgan fingerprint density at radius 2 is 1.55 bits per heavy atom. The topological polar surface area (TPSA) is 89.9 Å². The van der Waals surface area contributed by atoms with Crippen molar-refractivity contribution in [3.63, 3.8) is 0 Å². The van der Waals surface area contributed by atoms with Gasteiger partial charge in [-0.25, -0.2) is 0 Å². The molecule has 1 unspecified atom stereocenters. The van der Waals surface area contributed by atoms with Crippen LogP contribution in [0.2, 0.25) is 0 Å². The summed E-state index contributed by atoms with van der Waals surface area (Å²) in [4.78, 5) is 34.4. The van der Waals surface area contributed by atoms with Gasteiger partial charge in [0.2, 0.25) is 0 Å². The average Bonchev–Trinajstić information content (AvgIpc) is 2.18. The lowest BCUT2D eigenvalue weighted by Crippen LogP contribution is -2.34. The molecule has 0 rings (SSSR count). The molecule has 0 bridgehead atoms. The molecule has 0 radical (unpaired) electrons. The Morgan fingerprint density at radius 3 is 1.90 bits per heavy atom. The molecule has 0 aliphatic heterocycles. The summed E-state index contributed by atoms with van der Waals surface area (Å²) in [5.41, 5.74) is -1.03. The van der Waals surface area contributed by atoms with Gasteiger partial charge in [-0.2, -0.15) is 0 Å². The van der Waals surface area contributed by atoms with Gasteiger partial charge < -0.3 is 14.6 Å². The predicted octanol–water partition coefficient (Wildman–Crippen LogP) is 2.01. The maximum atomic E-state index is 11.7. The minimum Gasteiger partial charge on any atom is -0.481 e. The number of carbonyl (C=O) groups is 3. The van der Waals surface area contributed by atoms with Crippen molar-refractivity contribution in [3.8, 4) is 0 Å². The van der Waals surface area contributed by atoms with E-state index < -0.39 is 35.8 Å². The number of carboxylic acids is 1. The minimum atomic E-state index is -1.54. The lowest BCUT2D eigenvalue weighted by Gasteiger charge is -2.22. The van der Waals surface area contributed by atoms with Crippen molar-refractivity contribution in [2.24, 2.45) is 11.3 Å². The van der Waals surface area contributed by atoms with Crippen molar-refractivity contribution >= 4 is 17.9 Å². The third-order valence-electron chi connectivity index (χ3n) is 2.03. The van der Waals surface area contributed by atoms with E-state index in [1.807, 2.05) is 20.8 Å². The zero-order chi connectivity index (χ0) is 16.1. The second kappa shape index (κ2) is 6.72. The number of aliphatic carboxylic acids is 1. The van der Waals surface area contributed by atoms with E-state index in [2.05, 4.69) is 0 Å². The van der Waals surface area contributed by atoms with E-state index in [1.54, 1.807) is 20.8 Å². The molecule has 6 nitrogen and oxygen atoms in total. The van der Waals surface area contributed by atoms with Gasteiger partial charge in [0.15, 0.2) is 5.92 Å². The Bertz CT molecular complexity index is 372. The second-order valence-corrected chi connectivity index (χ2v) is 6.85. The maximum Gasteiger partial charge on any atom is 0.321 e. The van der Waals surface area contributed by atoms with E-state index in [0.717, 1.165) is 0 Å². The van der Waals surface area contributed by atoms with Gasteiger partial charge in [0.05, 0.1) is 13.0 Å². The van der Waals surface area contributed by atoms with Crippen molar-refractivity contribution in [2.45, 2.75) is 53.6 Å². The lowest BCUT2D eigenvalue weighted by molar-refractivity contribution is -0.171. The molecule has 1 N–H and O–H groups in total. The van der Waals surface area contributed by atoms with Gasteiger partial charge >= 0.3 is 17.9 Å². The normalized spacial score (nSPS) is 13.5. The number of carboxylic acid groups (broad SMARTS) is 1. The standard InChI is InChI=1S/C14H24O6/c1-13(2,3)8-19-10(15)7-9(11(16)17)12(18)20-14(4,5)6/h9H,7-8H2,1-6H3,(H,16,17). The molecular formula is C14H24O6. The summed E-state index contributed by atoms with van der Waals surface area (Å²) in [5.74, 6) is -4.59. The molecule has 0 amide bonds. The molecule has 116 valence electrons. The molecule has 0 aromatic carbocycles. The number of ether oxygens (including phenoxy) is 2. The SMILES string of the molecule is CC(C)(C)COC(=O)CC(C(=O)O)C(=O)OC(C)(C)C. The highest BCUT2D eigenvalue weighted by Crippen LogP contribution is 2.17. The number of hydrogen-bond acceptors (Lipinski definition) is 5. The van der Waals surface area contributed by atoms with Crippen molar-refractivity contribution in [1.82, 2.24) is 0 Å². The zero-order valence-electron chi connectivity index (χ0n) is 13.0. The van der Waals surface area contributed by atoms with Crippen LogP contribution in [0.1, 0.15) is 48.0 Å². The molecular weight excluding hydrogens is 264 g/mol. The first-order valence-corrected chi connectivity index (χ1v) is 6.43. The third-order valence-corrected chi connectivity index (χ3v) is 2.03. The fraction of sp³-hybridized carbons (Fsp3) is 0.786. The van der Waals surface area contributed by atoms with E-state index in [4.69, 9.17) is 14.6 Å². The highest BCUT2D eigenvalue weighted by Gasteiger charge is 2.34. The van der Waals surface area contributed by atoms with Gasteiger partial charge in [0.1, 0.15) is 5.60 Å². The molecule has 0 fully saturated rings. The van der Waals surface area contributed by atoms with E-state index in [9.17, 15) is 14.4 Å². The Labute approximate surface area is 119 Å². The van der Waals surface area contributed by atoms with Crippen LogP contribution in [0.25, 0.3) is 0 Å². The van der Waals surface area contributed by atoms with Gasteiger partial charge in [0, 0.05) is 0 Å². The molecule has 0 aliphatic carbocycles. The summed E-state index contributed by atoms with van der Waals surface area (Å²) in [6.45, 7) is 10.7. The van der Waals surface area contributed by atoms with Crippen LogP contribution in [0.5, 0.6) is 0 Å². The molecule has 0 spiro atoms. The van der Waals surface area contributed by atoms with Crippen LogP contribution in [-0.2, 0) is 23.9 Å². The summed E-state index contributed by atoms with van der Waals surface area (Å²) < 4.78 is 9.94. The fourth-order valence-corrected chi connectivity index (χ4v) is 1.17. The van der Waals surface area contributed by atoms with Gasteiger partial charge in [-0.15, -0.1) is 0 Å². The van der Waals surface area contributed by atoms with Crippen LogP contribution in [0.4, 0.5) is 0 Å². The monoisotopic (exact) mass is 288 g/mol. The average molecular weight is 288 g/mol. The number of esters is 2. The second-order valence-electron chi connectivity index (χ2n) is 6.85.